The van der Waals surface area contributed by atoms with Gasteiger partial charge < -0.3 is 15.7 Å². The van der Waals surface area contributed by atoms with Crippen molar-refractivity contribution in [2.45, 2.75) is 43.6 Å². The smallest absolute Gasteiger partial charge is 0.410 e. The number of hydrogen-bond acceptors (Lipinski definition) is 4. The van der Waals surface area contributed by atoms with Crippen LogP contribution in [0.1, 0.15) is 47.8 Å². The summed E-state index contributed by atoms with van der Waals surface area (Å²) in [6, 6.07) is 6.09. The molecule has 0 spiro atoms. The molecule has 1 aliphatic heterocycles. The van der Waals surface area contributed by atoms with Crippen molar-refractivity contribution in [2.75, 3.05) is 5.32 Å². The van der Waals surface area contributed by atoms with Crippen LogP contribution in [0.15, 0.2) is 60.8 Å². The first-order chi connectivity index (χ1) is 15.7. The molecule has 33 heavy (non-hydrogen) atoms. The Bertz CT molecular complexity index is 1110. The molecular formula is C23H23F3N4O3. The third-order valence-corrected chi connectivity index (χ3v) is 6.25. The summed E-state index contributed by atoms with van der Waals surface area (Å²) in [5, 5.41) is 19.3. The molecule has 1 aromatic carbocycles. The van der Waals surface area contributed by atoms with E-state index in [0.717, 1.165) is 10.9 Å². The SMILES string of the molecule is CCC1(NC(=O)c2cnn3c2NC(c2ccccc2)CC3C(F)(F)F)C=CC=CC1C(=O)O. The Morgan fingerprint density at radius 2 is 2.00 bits per heavy atom. The fourth-order valence-corrected chi connectivity index (χ4v) is 4.44. The molecule has 1 amide bonds. The number of carboxylic acid groups (broad SMARTS) is 1. The van der Waals surface area contributed by atoms with Gasteiger partial charge in [0.15, 0.2) is 6.04 Å². The molecule has 2 aliphatic rings. The molecule has 0 bridgehead atoms. The van der Waals surface area contributed by atoms with Gasteiger partial charge in [-0.15, -0.1) is 0 Å². The molecule has 1 aromatic heterocycles. The number of anilines is 1. The number of aromatic nitrogens is 2. The second kappa shape index (κ2) is 8.42. The van der Waals surface area contributed by atoms with Crippen LogP contribution in [0.4, 0.5) is 19.0 Å². The monoisotopic (exact) mass is 460 g/mol. The fourth-order valence-electron chi connectivity index (χ4n) is 4.44. The van der Waals surface area contributed by atoms with Gasteiger partial charge >= 0.3 is 12.1 Å². The molecule has 1 aliphatic carbocycles. The van der Waals surface area contributed by atoms with E-state index in [9.17, 15) is 27.9 Å². The third-order valence-electron chi connectivity index (χ3n) is 6.25. The Balaban J connectivity index is 1.70. The zero-order valence-electron chi connectivity index (χ0n) is 17.7. The first-order valence-electron chi connectivity index (χ1n) is 10.5. The number of aliphatic carboxylic acids is 1. The molecule has 0 saturated carbocycles. The summed E-state index contributed by atoms with van der Waals surface area (Å²) in [6.07, 6.45) is 2.80. The number of halogens is 3. The zero-order valence-corrected chi connectivity index (χ0v) is 17.7. The average Bonchev–Trinajstić information content (AvgIpc) is 3.22. The van der Waals surface area contributed by atoms with Gasteiger partial charge in [-0.1, -0.05) is 61.6 Å². The number of carbonyl (C=O) groups excluding carboxylic acids is 1. The lowest BCUT2D eigenvalue weighted by Gasteiger charge is -2.37. The van der Waals surface area contributed by atoms with Crippen molar-refractivity contribution in [1.29, 1.82) is 0 Å². The van der Waals surface area contributed by atoms with E-state index in [1.165, 1.54) is 6.08 Å². The molecule has 10 heteroatoms. The number of nitrogens with one attached hydrogen (secondary N) is 2. The summed E-state index contributed by atoms with van der Waals surface area (Å²) in [5.41, 5.74) is -0.643. The predicted molar refractivity (Wildman–Crippen MR) is 115 cm³/mol. The summed E-state index contributed by atoms with van der Waals surface area (Å²) in [5.74, 6) is -2.89. The number of carbonyl (C=O) groups is 2. The summed E-state index contributed by atoms with van der Waals surface area (Å²) in [4.78, 5) is 25.0. The van der Waals surface area contributed by atoms with Crippen LogP contribution < -0.4 is 10.6 Å². The van der Waals surface area contributed by atoms with Crippen LogP contribution in [0, 0.1) is 5.92 Å². The Morgan fingerprint density at radius 1 is 1.27 bits per heavy atom. The Morgan fingerprint density at radius 3 is 2.64 bits per heavy atom. The molecule has 174 valence electrons. The van der Waals surface area contributed by atoms with Gasteiger partial charge in [-0.25, -0.2) is 4.68 Å². The Kier molecular flexibility index (Phi) is 5.77. The van der Waals surface area contributed by atoms with Crippen LogP contribution in [0.5, 0.6) is 0 Å². The van der Waals surface area contributed by atoms with Crippen molar-refractivity contribution < 1.29 is 27.9 Å². The number of hydrogen-bond donors (Lipinski definition) is 3. The fraction of sp³-hybridized carbons (Fsp3) is 0.348. The van der Waals surface area contributed by atoms with E-state index in [4.69, 9.17) is 0 Å². The zero-order chi connectivity index (χ0) is 23.8. The van der Waals surface area contributed by atoms with Crippen molar-refractivity contribution >= 4 is 17.7 Å². The summed E-state index contributed by atoms with van der Waals surface area (Å²) in [7, 11) is 0. The predicted octanol–water partition coefficient (Wildman–Crippen LogP) is 4.25. The minimum atomic E-state index is -4.57. The highest BCUT2D eigenvalue weighted by Gasteiger charge is 2.48. The molecule has 3 N–H and O–H groups in total. The minimum Gasteiger partial charge on any atom is -0.481 e. The van der Waals surface area contributed by atoms with Gasteiger partial charge in [0.25, 0.3) is 5.91 Å². The van der Waals surface area contributed by atoms with Crippen molar-refractivity contribution in [2.24, 2.45) is 5.92 Å². The largest absolute Gasteiger partial charge is 0.481 e. The number of amides is 1. The van der Waals surface area contributed by atoms with Gasteiger partial charge in [-0.2, -0.15) is 18.3 Å². The van der Waals surface area contributed by atoms with Crippen molar-refractivity contribution in [3.05, 3.63) is 72.0 Å². The number of allylic oxidation sites excluding steroid dienone is 2. The van der Waals surface area contributed by atoms with Gasteiger partial charge in [-0.05, 0) is 12.0 Å². The molecule has 0 fully saturated rings. The van der Waals surface area contributed by atoms with Gasteiger partial charge in [0.05, 0.1) is 17.8 Å². The molecule has 4 atom stereocenters. The highest BCUT2D eigenvalue weighted by Crippen LogP contribution is 2.44. The first-order valence-corrected chi connectivity index (χ1v) is 10.5. The number of benzene rings is 1. The molecule has 2 aromatic rings. The maximum absolute atomic E-state index is 13.9. The van der Waals surface area contributed by atoms with E-state index >= 15 is 0 Å². The highest BCUT2D eigenvalue weighted by atomic mass is 19.4. The number of nitrogens with zero attached hydrogens (tertiary/aromatic N) is 2. The topological polar surface area (TPSA) is 96.3 Å². The lowest BCUT2D eigenvalue weighted by Crippen LogP contribution is -2.54. The van der Waals surface area contributed by atoms with Crippen molar-refractivity contribution in [3.63, 3.8) is 0 Å². The van der Waals surface area contributed by atoms with Crippen LogP contribution in [0.3, 0.4) is 0 Å². The maximum Gasteiger partial charge on any atom is 0.410 e. The molecule has 4 unspecified atom stereocenters. The van der Waals surface area contributed by atoms with Gasteiger partial charge in [-0.3, -0.25) is 9.59 Å². The van der Waals surface area contributed by atoms with E-state index in [-0.39, 0.29) is 24.2 Å². The van der Waals surface area contributed by atoms with Crippen LogP contribution in [-0.4, -0.2) is 38.5 Å². The molecule has 4 rings (SSSR count). The lowest BCUT2D eigenvalue weighted by atomic mass is 9.78. The quantitative estimate of drug-likeness (QED) is 0.620. The normalized spacial score (nSPS) is 26.4. The third kappa shape index (κ3) is 4.12. The lowest BCUT2D eigenvalue weighted by molar-refractivity contribution is -0.173. The van der Waals surface area contributed by atoms with Crippen LogP contribution in [0.25, 0.3) is 0 Å². The Labute approximate surface area is 188 Å². The molecular weight excluding hydrogens is 437 g/mol. The van der Waals surface area contributed by atoms with E-state index < -0.39 is 41.6 Å². The van der Waals surface area contributed by atoms with E-state index in [1.54, 1.807) is 55.5 Å². The van der Waals surface area contributed by atoms with E-state index in [0.29, 0.717) is 5.56 Å². The average molecular weight is 460 g/mol. The van der Waals surface area contributed by atoms with Gasteiger partial charge in [0.2, 0.25) is 0 Å². The van der Waals surface area contributed by atoms with Crippen LogP contribution >= 0.6 is 0 Å². The van der Waals surface area contributed by atoms with E-state index in [1.807, 2.05) is 0 Å². The summed E-state index contributed by atoms with van der Waals surface area (Å²) >= 11 is 0. The number of rotatable bonds is 5. The van der Waals surface area contributed by atoms with Gasteiger partial charge in [0, 0.05) is 6.42 Å². The maximum atomic E-state index is 13.9. The summed E-state index contributed by atoms with van der Waals surface area (Å²) in [6.45, 7) is 1.73. The highest BCUT2D eigenvalue weighted by molar-refractivity contribution is 6.00. The standard InChI is InChI=1S/C23H23F3N4O3/c1-2-22(11-7-6-10-16(22)21(32)33)29-20(31)15-13-27-30-18(23(24,25)26)12-17(28-19(15)30)14-8-4-3-5-9-14/h3-11,13,16-18,28H,2,12H2,1H3,(H,29,31)(H,32,33). The minimum absolute atomic E-state index is 0.0524. The number of carboxylic acids is 1. The van der Waals surface area contributed by atoms with Crippen LogP contribution in [-0.2, 0) is 4.79 Å². The van der Waals surface area contributed by atoms with Crippen molar-refractivity contribution in [3.8, 4) is 0 Å². The van der Waals surface area contributed by atoms with Gasteiger partial charge in [0.1, 0.15) is 17.3 Å². The van der Waals surface area contributed by atoms with Crippen LogP contribution in [0.2, 0.25) is 0 Å². The molecule has 0 saturated heterocycles. The second-order valence-electron chi connectivity index (χ2n) is 8.16. The molecule has 0 radical (unpaired) electrons. The second-order valence-corrected chi connectivity index (χ2v) is 8.16. The number of alkyl halides is 3. The van der Waals surface area contributed by atoms with Crippen molar-refractivity contribution in [1.82, 2.24) is 15.1 Å². The van der Waals surface area contributed by atoms with E-state index in [2.05, 4.69) is 15.7 Å². The molecule has 2 heterocycles. The summed E-state index contributed by atoms with van der Waals surface area (Å²) < 4.78 is 42.4. The Hall–Kier alpha value is -3.56. The molecule has 7 nitrogen and oxygen atoms in total. The first kappa shape index (κ1) is 22.6. The number of fused-ring (bicyclic) bond motifs is 1.